The second kappa shape index (κ2) is 4.53. The lowest BCUT2D eigenvalue weighted by Gasteiger charge is -2.00. The first-order valence-electron chi connectivity index (χ1n) is 3.33. The van der Waals surface area contributed by atoms with Crippen molar-refractivity contribution in [2.75, 3.05) is 5.33 Å². The second-order valence-corrected chi connectivity index (χ2v) is 3.74. The largest absolute Gasteiger partial charge is 0.198 e. The van der Waals surface area contributed by atoms with E-state index in [9.17, 15) is 0 Å². The van der Waals surface area contributed by atoms with Gasteiger partial charge in [-0.1, -0.05) is 15.9 Å². The summed E-state index contributed by atoms with van der Waals surface area (Å²) in [6.45, 7) is 0. The van der Waals surface area contributed by atoms with Gasteiger partial charge in [-0.2, -0.15) is 16.6 Å². The number of hydrogen-bond acceptors (Lipinski definition) is 2. The molecule has 58 valence electrons. The minimum atomic E-state index is 0.115. The fourth-order valence-electron chi connectivity index (χ4n) is 0.828. The van der Waals surface area contributed by atoms with Crippen molar-refractivity contribution in [1.82, 2.24) is 0 Å². The van der Waals surface area contributed by atoms with E-state index in [1.807, 2.05) is 5.38 Å². The molecule has 3 heteroatoms. The molecule has 0 saturated carbocycles. The van der Waals surface area contributed by atoms with Crippen LogP contribution in [-0.4, -0.2) is 5.33 Å². The van der Waals surface area contributed by atoms with Crippen molar-refractivity contribution in [3.05, 3.63) is 22.4 Å². The molecule has 1 aromatic heterocycles. The maximum Gasteiger partial charge on any atom is 0.0668 e. The number of halogens is 1. The molecule has 0 spiro atoms. The Morgan fingerprint density at radius 3 is 3.00 bits per heavy atom. The summed E-state index contributed by atoms with van der Waals surface area (Å²) in [5, 5.41) is 13.5. The van der Waals surface area contributed by atoms with Crippen LogP contribution in [0.1, 0.15) is 5.56 Å². The minimum Gasteiger partial charge on any atom is -0.198 e. The fraction of sp³-hybridized carbons (Fsp3) is 0.375. The van der Waals surface area contributed by atoms with Crippen molar-refractivity contribution in [3.63, 3.8) is 0 Å². The van der Waals surface area contributed by atoms with Gasteiger partial charge in [0, 0.05) is 5.33 Å². The Labute approximate surface area is 78.8 Å². The SMILES string of the molecule is N#CC(CBr)Cc1ccsc1. The lowest BCUT2D eigenvalue weighted by molar-refractivity contribution is 0.758. The first-order chi connectivity index (χ1) is 5.36. The van der Waals surface area contributed by atoms with Crippen LogP contribution in [0.4, 0.5) is 0 Å². The molecular weight excluding hydrogens is 222 g/mol. The van der Waals surface area contributed by atoms with Gasteiger partial charge in [0.25, 0.3) is 0 Å². The van der Waals surface area contributed by atoms with Crippen LogP contribution in [0.3, 0.4) is 0 Å². The van der Waals surface area contributed by atoms with Gasteiger partial charge in [-0.3, -0.25) is 0 Å². The third-order valence-electron chi connectivity index (χ3n) is 1.43. The van der Waals surface area contributed by atoms with Crippen molar-refractivity contribution in [2.45, 2.75) is 6.42 Å². The van der Waals surface area contributed by atoms with E-state index in [1.54, 1.807) is 11.3 Å². The van der Waals surface area contributed by atoms with E-state index in [4.69, 9.17) is 5.26 Å². The van der Waals surface area contributed by atoms with Crippen LogP contribution in [0.5, 0.6) is 0 Å². The fourth-order valence-corrected chi connectivity index (χ4v) is 1.88. The number of hydrogen-bond donors (Lipinski definition) is 0. The molecule has 1 atom stereocenters. The molecule has 0 N–H and O–H groups in total. The molecule has 1 rings (SSSR count). The first-order valence-corrected chi connectivity index (χ1v) is 5.40. The summed E-state index contributed by atoms with van der Waals surface area (Å²) >= 11 is 4.98. The van der Waals surface area contributed by atoms with Gasteiger partial charge in [-0.15, -0.1) is 0 Å². The topological polar surface area (TPSA) is 23.8 Å². The lowest BCUT2D eigenvalue weighted by Crippen LogP contribution is -2.01. The van der Waals surface area contributed by atoms with Gasteiger partial charge < -0.3 is 0 Å². The first kappa shape index (κ1) is 8.76. The number of rotatable bonds is 3. The Bertz CT molecular complexity index is 237. The highest BCUT2D eigenvalue weighted by molar-refractivity contribution is 9.09. The standard InChI is InChI=1S/C8H8BrNS/c9-4-8(5-10)3-7-1-2-11-6-7/h1-2,6,8H,3-4H2. The average Bonchev–Trinajstić information content (AvgIpc) is 2.52. The highest BCUT2D eigenvalue weighted by Gasteiger charge is 2.05. The van der Waals surface area contributed by atoms with Crippen LogP contribution in [0.25, 0.3) is 0 Å². The molecule has 0 bridgehead atoms. The minimum absolute atomic E-state index is 0.115. The second-order valence-electron chi connectivity index (χ2n) is 2.32. The predicted molar refractivity (Wildman–Crippen MR) is 50.9 cm³/mol. The van der Waals surface area contributed by atoms with E-state index >= 15 is 0 Å². The summed E-state index contributed by atoms with van der Waals surface area (Å²) in [5.41, 5.74) is 1.26. The van der Waals surface area contributed by atoms with Crippen molar-refractivity contribution in [3.8, 4) is 6.07 Å². The molecule has 0 aliphatic heterocycles. The molecule has 0 aliphatic carbocycles. The highest BCUT2D eigenvalue weighted by atomic mass is 79.9. The Kier molecular flexibility index (Phi) is 3.61. The zero-order valence-corrected chi connectivity index (χ0v) is 8.36. The van der Waals surface area contributed by atoms with E-state index in [0.717, 1.165) is 11.8 Å². The van der Waals surface area contributed by atoms with Crippen molar-refractivity contribution in [2.24, 2.45) is 5.92 Å². The molecule has 0 radical (unpaired) electrons. The average molecular weight is 230 g/mol. The van der Waals surface area contributed by atoms with Gasteiger partial charge in [-0.05, 0) is 28.8 Å². The Morgan fingerprint density at radius 2 is 2.55 bits per heavy atom. The molecule has 1 nitrogen and oxygen atoms in total. The summed E-state index contributed by atoms with van der Waals surface area (Å²) < 4.78 is 0. The van der Waals surface area contributed by atoms with Crippen LogP contribution < -0.4 is 0 Å². The van der Waals surface area contributed by atoms with E-state index in [2.05, 4.69) is 33.4 Å². The molecule has 1 unspecified atom stereocenters. The molecule has 0 saturated heterocycles. The summed E-state index contributed by atoms with van der Waals surface area (Å²) in [6, 6.07) is 4.31. The van der Waals surface area contributed by atoms with Gasteiger partial charge in [0.15, 0.2) is 0 Å². The number of nitriles is 1. The van der Waals surface area contributed by atoms with E-state index < -0.39 is 0 Å². The van der Waals surface area contributed by atoms with Crippen LogP contribution in [0.2, 0.25) is 0 Å². The van der Waals surface area contributed by atoms with Crippen molar-refractivity contribution in [1.29, 1.82) is 5.26 Å². The van der Waals surface area contributed by atoms with Crippen LogP contribution in [-0.2, 0) is 6.42 Å². The van der Waals surface area contributed by atoms with Gasteiger partial charge in [0.2, 0.25) is 0 Å². The van der Waals surface area contributed by atoms with E-state index in [-0.39, 0.29) is 5.92 Å². The smallest absolute Gasteiger partial charge is 0.0668 e. The Morgan fingerprint density at radius 1 is 1.73 bits per heavy atom. The van der Waals surface area contributed by atoms with Crippen LogP contribution in [0, 0.1) is 17.2 Å². The van der Waals surface area contributed by atoms with Gasteiger partial charge >= 0.3 is 0 Å². The van der Waals surface area contributed by atoms with Crippen molar-refractivity contribution < 1.29 is 0 Å². The summed E-state index contributed by atoms with van der Waals surface area (Å²) in [5.74, 6) is 0.115. The molecule has 0 aliphatic rings. The van der Waals surface area contributed by atoms with Gasteiger partial charge in [-0.25, -0.2) is 0 Å². The normalized spacial score (nSPS) is 12.4. The van der Waals surface area contributed by atoms with Crippen LogP contribution in [0.15, 0.2) is 16.8 Å². The van der Waals surface area contributed by atoms with E-state index in [1.165, 1.54) is 5.56 Å². The maximum atomic E-state index is 8.65. The summed E-state index contributed by atoms with van der Waals surface area (Å²) in [4.78, 5) is 0. The lowest BCUT2D eigenvalue weighted by atomic mass is 10.1. The highest BCUT2D eigenvalue weighted by Crippen LogP contribution is 2.13. The zero-order valence-electron chi connectivity index (χ0n) is 5.96. The zero-order chi connectivity index (χ0) is 8.10. The Balaban J connectivity index is 2.49. The van der Waals surface area contributed by atoms with Gasteiger partial charge in [0.05, 0.1) is 12.0 Å². The number of nitrogens with zero attached hydrogens (tertiary/aromatic N) is 1. The Hall–Kier alpha value is -0.330. The quantitative estimate of drug-likeness (QED) is 0.732. The maximum absolute atomic E-state index is 8.65. The van der Waals surface area contributed by atoms with Gasteiger partial charge in [0.1, 0.15) is 0 Å². The molecule has 0 aromatic carbocycles. The molecule has 0 amide bonds. The molecule has 0 fully saturated rings. The monoisotopic (exact) mass is 229 g/mol. The van der Waals surface area contributed by atoms with E-state index in [0.29, 0.717) is 0 Å². The molecule has 11 heavy (non-hydrogen) atoms. The molecule has 1 heterocycles. The number of thiophene rings is 1. The third kappa shape index (κ3) is 2.64. The number of alkyl halides is 1. The summed E-state index contributed by atoms with van der Waals surface area (Å²) in [7, 11) is 0. The predicted octanol–water partition coefficient (Wildman–Crippen LogP) is 2.83. The van der Waals surface area contributed by atoms with Crippen molar-refractivity contribution >= 4 is 27.3 Å². The molecular formula is C8H8BrNS. The summed E-state index contributed by atoms with van der Waals surface area (Å²) in [6.07, 6.45) is 0.866. The third-order valence-corrected chi connectivity index (χ3v) is 2.94. The molecule has 1 aromatic rings. The van der Waals surface area contributed by atoms with Crippen LogP contribution >= 0.6 is 27.3 Å².